The van der Waals surface area contributed by atoms with E-state index in [2.05, 4.69) is 10.6 Å². The number of thiophene rings is 1. The number of carbonyl (C=O) groups is 3. The Kier molecular flexibility index (Phi) is 8.83. The Morgan fingerprint density at radius 2 is 1.78 bits per heavy atom. The van der Waals surface area contributed by atoms with Gasteiger partial charge in [-0.1, -0.05) is 42.8 Å². The molecule has 0 saturated carbocycles. The minimum Gasteiger partial charge on any atom is -0.465 e. The zero-order valence-electron chi connectivity index (χ0n) is 20.5. The van der Waals surface area contributed by atoms with Crippen molar-refractivity contribution < 1.29 is 19.1 Å². The van der Waals surface area contributed by atoms with Crippen LogP contribution in [0, 0.1) is 0 Å². The van der Waals surface area contributed by atoms with Crippen LogP contribution in [0.4, 0.5) is 10.7 Å². The van der Waals surface area contributed by atoms with Crippen molar-refractivity contribution >= 4 is 51.6 Å². The van der Waals surface area contributed by atoms with Crippen molar-refractivity contribution in [3.8, 4) is 0 Å². The molecule has 1 aromatic heterocycles. The molecule has 1 unspecified atom stereocenters. The van der Waals surface area contributed by atoms with Crippen molar-refractivity contribution in [2.45, 2.75) is 55.6 Å². The highest BCUT2D eigenvalue weighted by Crippen LogP contribution is 2.38. The van der Waals surface area contributed by atoms with E-state index in [0.717, 1.165) is 48.1 Å². The summed E-state index contributed by atoms with van der Waals surface area (Å²) in [6.07, 6.45) is 5.32. The quantitative estimate of drug-likeness (QED) is 0.212. The number of ether oxygens (including phenoxy) is 1. The highest BCUT2D eigenvalue weighted by atomic mass is 32.2. The number of anilines is 2. The number of nitrogens with one attached hydrogen (secondary N) is 2. The van der Waals surface area contributed by atoms with Crippen molar-refractivity contribution in [1.29, 1.82) is 0 Å². The number of esters is 1. The number of fused-ring (bicyclic) bond motifs is 1. The Hall–Kier alpha value is -3.10. The molecule has 0 saturated heterocycles. The molecule has 0 bridgehead atoms. The van der Waals surface area contributed by atoms with E-state index in [1.165, 1.54) is 35.1 Å². The first-order chi connectivity index (χ1) is 17.4. The van der Waals surface area contributed by atoms with Crippen LogP contribution in [0.5, 0.6) is 0 Å². The van der Waals surface area contributed by atoms with Crippen LogP contribution >= 0.6 is 23.1 Å². The molecule has 6 nitrogen and oxygen atoms in total. The molecule has 188 valence electrons. The first-order valence-corrected chi connectivity index (χ1v) is 13.8. The number of aryl methyl sites for hydroxylation is 1. The summed E-state index contributed by atoms with van der Waals surface area (Å²) in [6.45, 7) is 1.83. The molecule has 0 aliphatic heterocycles. The molecular weight excluding hydrogens is 492 g/mol. The largest absolute Gasteiger partial charge is 0.465 e. The summed E-state index contributed by atoms with van der Waals surface area (Å²) in [5.74, 6) is -0.675. The average Bonchev–Trinajstić information content (AvgIpc) is 3.04. The van der Waals surface area contributed by atoms with Crippen molar-refractivity contribution in [1.82, 2.24) is 0 Å². The summed E-state index contributed by atoms with van der Waals surface area (Å²) in [7, 11) is 1.37. The van der Waals surface area contributed by atoms with Crippen molar-refractivity contribution in [2.24, 2.45) is 0 Å². The van der Waals surface area contributed by atoms with E-state index in [0.29, 0.717) is 22.7 Å². The van der Waals surface area contributed by atoms with Gasteiger partial charge in [0, 0.05) is 15.5 Å². The van der Waals surface area contributed by atoms with E-state index in [-0.39, 0.29) is 11.8 Å². The Morgan fingerprint density at radius 1 is 1.00 bits per heavy atom. The zero-order valence-corrected chi connectivity index (χ0v) is 22.1. The van der Waals surface area contributed by atoms with Gasteiger partial charge >= 0.3 is 5.97 Å². The van der Waals surface area contributed by atoms with E-state index >= 15 is 0 Å². The minimum absolute atomic E-state index is 0.0954. The normalized spacial score (nSPS) is 13.7. The smallest absolute Gasteiger partial charge is 0.341 e. The summed E-state index contributed by atoms with van der Waals surface area (Å²) < 4.78 is 5.04. The SMILES string of the molecule is COC(=O)c1c(NC(=O)C(C)Sc2cccc(NC(=O)Cc3ccccc3)c2)sc2c1CCCCC2. The maximum atomic E-state index is 13.1. The second-order valence-electron chi connectivity index (χ2n) is 8.75. The molecular formula is C28H30N2O4S2. The second-order valence-corrected chi connectivity index (χ2v) is 11.3. The number of thioether (sulfide) groups is 1. The molecule has 2 N–H and O–H groups in total. The second kappa shape index (κ2) is 12.2. The zero-order chi connectivity index (χ0) is 25.5. The Labute approximate surface area is 219 Å². The topological polar surface area (TPSA) is 84.5 Å². The number of carbonyl (C=O) groups excluding carboxylic acids is 3. The van der Waals surface area contributed by atoms with Gasteiger partial charge in [-0.05, 0) is 61.9 Å². The number of methoxy groups -OCH3 is 1. The summed E-state index contributed by atoms with van der Waals surface area (Å²) >= 11 is 2.89. The predicted octanol–water partition coefficient (Wildman–Crippen LogP) is 6.10. The fourth-order valence-electron chi connectivity index (χ4n) is 4.25. The van der Waals surface area contributed by atoms with Crippen molar-refractivity contribution in [2.75, 3.05) is 17.7 Å². The molecule has 0 spiro atoms. The molecule has 1 heterocycles. The van der Waals surface area contributed by atoms with Crippen molar-refractivity contribution in [3.63, 3.8) is 0 Å². The molecule has 2 amide bonds. The number of hydrogen-bond donors (Lipinski definition) is 2. The molecule has 0 radical (unpaired) electrons. The van der Waals surface area contributed by atoms with Gasteiger partial charge in [0.25, 0.3) is 0 Å². The van der Waals surface area contributed by atoms with Crippen LogP contribution < -0.4 is 10.6 Å². The lowest BCUT2D eigenvalue weighted by Gasteiger charge is -2.13. The summed E-state index contributed by atoms with van der Waals surface area (Å²) in [6, 6.07) is 17.0. The molecule has 4 rings (SSSR count). The Bertz CT molecular complexity index is 1240. The fraction of sp³-hybridized carbons (Fsp3) is 0.321. The number of rotatable bonds is 8. The van der Waals surface area contributed by atoms with Gasteiger partial charge in [-0.2, -0.15) is 0 Å². The Balaban J connectivity index is 1.41. The molecule has 8 heteroatoms. The minimum atomic E-state index is -0.410. The third-order valence-corrected chi connectivity index (χ3v) is 8.36. The molecule has 3 aromatic rings. The van der Waals surface area contributed by atoms with Gasteiger partial charge in [-0.25, -0.2) is 4.79 Å². The van der Waals surface area contributed by atoms with Gasteiger partial charge in [0.15, 0.2) is 0 Å². The average molecular weight is 523 g/mol. The lowest BCUT2D eigenvalue weighted by atomic mass is 10.1. The Morgan fingerprint density at radius 3 is 2.56 bits per heavy atom. The van der Waals surface area contributed by atoms with Gasteiger partial charge < -0.3 is 15.4 Å². The molecule has 1 aliphatic rings. The van der Waals surface area contributed by atoms with Crippen LogP contribution in [0.15, 0.2) is 59.5 Å². The number of hydrogen-bond acceptors (Lipinski definition) is 6. The van der Waals surface area contributed by atoms with Crippen molar-refractivity contribution in [3.05, 3.63) is 76.2 Å². The van der Waals surface area contributed by atoms with E-state index in [9.17, 15) is 14.4 Å². The summed E-state index contributed by atoms with van der Waals surface area (Å²) in [5.41, 5.74) is 3.17. The lowest BCUT2D eigenvalue weighted by Crippen LogP contribution is -2.23. The standard InChI is InChI=1S/C28H30N2O4S2/c1-18(26(32)30-27-25(28(33)34-2)22-14-7-4-8-15-23(22)36-27)35-21-13-9-12-20(17-21)29-24(31)16-19-10-5-3-6-11-19/h3,5-6,9-13,17-18H,4,7-8,14-16H2,1-2H3,(H,29,31)(H,30,32). The first-order valence-electron chi connectivity index (χ1n) is 12.1. The summed E-state index contributed by atoms with van der Waals surface area (Å²) in [4.78, 5) is 40.1. The van der Waals surface area contributed by atoms with E-state index in [1.54, 1.807) is 0 Å². The van der Waals surface area contributed by atoms with Gasteiger partial charge in [-0.15, -0.1) is 23.1 Å². The highest BCUT2D eigenvalue weighted by molar-refractivity contribution is 8.00. The fourth-order valence-corrected chi connectivity index (χ4v) is 6.46. The predicted molar refractivity (Wildman–Crippen MR) is 146 cm³/mol. The van der Waals surface area contributed by atoms with E-state index < -0.39 is 11.2 Å². The van der Waals surface area contributed by atoms with Gasteiger partial charge in [-0.3, -0.25) is 9.59 Å². The maximum Gasteiger partial charge on any atom is 0.341 e. The van der Waals surface area contributed by atoms with Gasteiger partial charge in [0.1, 0.15) is 5.00 Å². The highest BCUT2D eigenvalue weighted by Gasteiger charge is 2.27. The first kappa shape index (κ1) is 26.0. The molecule has 1 atom stereocenters. The molecule has 36 heavy (non-hydrogen) atoms. The monoisotopic (exact) mass is 522 g/mol. The van der Waals surface area contributed by atoms with Crippen LogP contribution in [0.2, 0.25) is 0 Å². The van der Waals surface area contributed by atoms with Gasteiger partial charge in [0.05, 0.1) is 24.3 Å². The maximum absolute atomic E-state index is 13.1. The molecule has 1 aliphatic carbocycles. The number of amides is 2. The van der Waals surface area contributed by atoms with Crippen LogP contribution in [0.25, 0.3) is 0 Å². The summed E-state index contributed by atoms with van der Waals surface area (Å²) in [5, 5.41) is 6.08. The van der Waals surface area contributed by atoms with Gasteiger partial charge in [0.2, 0.25) is 11.8 Å². The van der Waals surface area contributed by atoms with E-state index in [4.69, 9.17) is 4.74 Å². The third-order valence-electron chi connectivity index (χ3n) is 6.05. The van der Waals surface area contributed by atoms with Crippen LogP contribution in [-0.2, 0) is 33.6 Å². The van der Waals surface area contributed by atoms with Crippen LogP contribution in [0.1, 0.15) is 52.5 Å². The lowest BCUT2D eigenvalue weighted by molar-refractivity contribution is -0.116. The van der Waals surface area contributed by atoms with E-state index in [1.807, 2.05) is 61.5 Å². The molecule has 2 aromatic carbocycles. The molecule has 0 fully saturated rings. The van der Waals surface area contributed by atoms with Crippen LogP contribution in [-0.4, -0.2) is 30.1 Å². The number of benzene rings is 2. The van der Waals surface area contributed by atoms with Crippen LogP contribution in [0.3, 0.4) is 0 Å². The third kappa shape index (κ3) is 6.56.